The Kier molecular flexibility index (Phi) is 2.89. The highest BCUT2D eigenvalue weighted by Gasteiger charge is 2.08. The van der Waals surface area contributed by atoms with Gasteiger partial charge in [0, 0.05) is 0 Å². The summed E-state index contributed by atoms with van der Waals surface area (Å²) in [7, 11) is 0. The molecular formula is C24H15. The van der Waals surface area contributed by atoms with E-state index in [-0.39, 0.29) is 0 Å². The molecule has 0 aliphatic carbocycles. The van der Waals surface area contributed by atoms with Gasteiger partial charge in [-0.1, -0.05) is 78.9 Å². The predicted octanol–water partition coefficient (Wildman–Crippen LogP) is 6.61. The van der Waals surface area contributed by atoms with Gasteiger partial charge in [0.15, 0.2) is 0 Å². The highest BCUT2D eigenvalue weighted by molar-refractivity contribution is 6.09. The van der Waals surface area contributed by atoms with Crippen molar-refractivity contribution in [3.63, 3.8) is 0 Å². The van der Waals surface area contributed by atoms with E-state index in [4.69, 9.17) is 0 Å². The van der Waals surface area contributed by atoms with Crippen molar-refractivity contribution >= 4 is 32.3 Å². The Morgan fingerprint density at radius 1 is 0.500 bits per heavy atom. The molecule has 0 spiro atoms. The summed E-state index contributed by atoms with van der Waals surface area (Å²) in [5.74, 6) is 0. The summed E-state index contributed by atoms with van der Waals surface area (Å²) in [4.78, 5) is 0. The van der Waals surface area contributed by atoms with Crippen molar-refractivity contribution in [2.75, 3.05) is 0 Å². The lowest BCUT2D eigenvalue weighted by Gasteiger charge is -2.11. The first-order valence-corrected chi connectivity index (χ1v) is 8.21. The second kappa shape index (κ2) is 5.21. The normalized spacial score (nSPS) is 11.3. The molecule has 0 saturated carbocycles. The maximum atomic E-state index is 3.47. The maximum absolute atomic E-state index is 3.47. The molecule has 0 unspecified atom stereocenters. The van der Waals surface area contributed by atoms with Gasteiger partial charge in [-0.2, -0.15) is 0 Å². The standard InChI is InChI=1S/C24H15/c1-2-9-19-16-24-20(15-18(19)8-1)11-6-14-23(24)22-13-5-10-17-7-3-4-12-21(17)22/h1-12,14-16H. The summed E-state index contributed by atoms with van der Waals surface area (Å²) >= 11 is 0. The average molecular weight is 303 g/mol. The van der Waals surface area contributed by atoms with Crippen LogP contribution in [-0.4, -0.2) is 0 Å². The first-order chi connectivity index (χ1) is 11.9. The zero-order valence-electron chi connectivity index (χ0n) is 13.2. The molecule has 5 aromatic rings. The van der Waals surface area contributed by atoms with Crippen LogP contribution in [0.4, 0.5) is 0 Å². The van der Waals surface area contributed by atoms with Crippen LogP contribution in [0.1, 0.15) is 0 Å². The van der Waals surface area contributed by atoms with Gasteiger partial charge in [0.05, 0.1) is 0 Å². The number of hydrogen-bond acceptors (Lipinski definition) is 0. The second-order valence-electron chi connectivity index (χ2n) is 6.17. The minimum atomic E-state index is 1.17. The van der Waals surface area contributed by atoms with Crippen LogP contribution < -0.4 is 0 Å². The molecule has 5 rings (SSSR count). The van der Waals surface area contributed by atoms with Crippen molar-refractivity contribution in [2.24, 2.45) is 0 Å². The van der Waals surface area contributed by atoms with Gasteiger partial charge in [-0.05, 0) is 61.6 Å². The highest BCUT2D eigenvalue weighted by atomic mass is 14.1. The second-order valence-corrected chi connectivity index (χ2v) is 6.17. The fourth-order valence-electron chi connectivity index (χ4n) is 3.57. The van der Waals surface area contributed by atoms with E-state index in [9.17, 15) is 0 Å². The number of benzene rings is 5. The predicted molar refractivity (Wildman–Crippen MR) is 103 cm³/mol. The minimum Gasteiger partial charge on any atom is -0.0616 e. The van der Waals surface area contributed by atoms with Crippen LogP contribution >= 0.6 is 0 Å². The maximum Gasteiger partial charge on any atom is -0.00204 e. The molecule has 24 heavy (non-hydrogen) atoms. The van der Waals surface area contributed by atoms with Crippen molar-refractivity contribution in [1.82, 2.24) is 0 Å². The quantitative estimate of drug-likeness (QED) is 0.305. The van der Waals surface area contributed by atoms with Gasteiger partial charge in [0.1, 0.15) is 0 Å². The molecule has 0 saturated heterocycles. The van der Waals surface area contributed by atoms with Gasteiger partial charge >= 0.3 is 0 Å². The van der Waals surface area contributed by atoms with E-state index in [2.05, 4.69) is 91.0 Å². The first-order valence-electron chi connectivity index (χ1n) is 8.21. The van der Waals surface area contributed by atoms with Crippen molar-refractivity contribution in [3.8, 4) is 11.1 Å². The molecule has 0 bridgehead atoms. The largest absolute Gasteiger partial charge is 0.0616 e. The van der Waals surface area contributed by atoms with Gasteiger partial charge in [0.2, 0.25) is 0 Å². The zero-order valence-corrected chi connectivity index (χ0v) is 13.2. The third kappa shape index (κ3) is 2.00. The molecule has 0 fully saturated rings. The van der Waals surface area contributed by atoms with E-state index in [0.717, 1.165) is 0 Å². The van der Waals surface area contributed by atoms with Gasteiger partial charge < -0.3 is 0 Å². The number of hydrogen-bond donors (Lipinski definition) is 0. The van der Waals surface area contributed by atoms with Gasteiger partial charge in [-0.25, -0.2) is 0 Å². The molecule has 1 radical (unpaired) electrons. The van der Waals surface area contributed by atoms with Crippen LogP contribution in [0.15, 0.2) is 91.0 Å². The smallest absolute Gasteiger partial charge is 0.00204 e. The van der Waals surface area contributed by atoms with Crippen LogP contribution in [0.2, 0.25) is 0 Å². The third-order valence-electron chi connectivity index (χ3n) is 4.74. The Balaban J connectivity index is 1.90. The summed E-state index contributed by atoms with van der Waals surface area (Å²) in [5.41, 5.74) is 2.42. The van der Waals surface area contributed by atoms with E-state index in [0.29, 0.717) is 0 Å². The molecule has 0 N–H and O–H groups in total. The topological polar surface area (TPSA) is 0 Å². The Hall–Kier alpha value is -3.12. The molecule has 111 valence electrons. The number of fused-ring (bicyclic) bond motifs is 3. The van der Waals surface area contributed by atoms with Gasteiger partial charge in [0.25, 0.3) is 0 Å². The van der Waals surface area contributed by atoms with E-state index in [1.54, 1.807) is 0 Å². The molecule has 0 heteroatoms. The lowest BCUT2D eigenvalue weighted by Crippen LogP contribution is -1.85. The average Bonchev–Trinajstić information content (AvgIpc) is 2.65. The third-order valence-corrected chi connectivity index (χ3v) is 4.74. The van der Waals surface area contributed by atoms with Crippen LogP contribution in [0, 0.1) is 6.07 Å². The molecule has 0 heterocycles. The van der Waals surface area contributed by atoms with Gasteiger partial charge in [-0.3, -0.25) is 0 Å². The van der Waals surface area contributed by atoms with Crippen molar-refractivity contribution in [3.05, 3.63) is 97.1 Å². The van der Waals surface area contributed by atoms with E-state index in [1.807, 2.05) is 6.07 Å². The van der Waals surface area contributed by atoms with Gasteiger partial charge in [-0.15, -0.1) is 0 Å². The van der Waals surface area contributed by atoms with E-state index < -0.39 is 0 Å². The van der Waals surface area contributed by atoms with Crippen LogP contribution in [0.5, 0.6) is 0 Å². The Bertz CT molecular complexity index is 1190. The monoisotopic (exact) mass is 303 g/mol. The van der Waals surface area contributed by atoms with Crippen molar-refractivity contribution < 1.29 is 0 Å². The summed E-state index contributed by atoms with van der Waals surface area (Å²) in [5, 5.41) is 7.61. The molecule has 5 aromatic carbocycles. The Morgan fingerprint density at radius 2 is 1.21 bits per heavy atom. The van der Waals surface area contributed by atoms with Crippen LogP contribution in [0.25, 0.3) is 43.4 Å². The lowest BCUT2D eigenvalue weighted by molar-refractivity contribution is 1.68. The summed E-state index contributed by atoms with van der Waals surface area (Å²) in [6, 6.07) is 35.8. The summed E-state index contributed by atoms with van der Waals surface area (Å²) in [6.45, 7) is 0. The number of rotatable bonds is 1. The molecule has 0 amide bonds. The fourth-order valence-corrected chi connectivity index (χ4v) is 3.57. The van der Waals surface area contributed by atoms with E-state index >= 15 is 0 Å². The zero-order chi connectivity index (χ0) is 15.9. The summed E-state index contributed by atoms with van der Waals surface area (Å²) < 4.78 is 0. The first kappa shape index (κ1) is 13.3. The molecule has 0 aliphatic heterocycles. The lowest BCUT2D eigenvalue weighted by atomic mass is 9.92. The molecular weight excluding hydrogens is 288 g/mol. The van der Waals surface area contributed by atoms with Crippen molar-refractivity contribution in [2.45, 2.75) is 0 Å². The van der Waals surface area contributed by atoms with E-state index in [1.165, 1.54) is 43.4 Å². The van der Waals surface area contributed by atoms with Crippen LogP contribution in [0.3, 0.4) is 0 Å². The van der Waals surface area contributed by atoms with Crippen LogP contribution in [-0.2, 0) is 0 Å². The molecule has 0 atom stereocenters. The SMILES string of the molecule is [c]1ccc2ccccc2c1-c1cccc2cc3ccccc3cc12. The molecule has 0 nitrogen and oxygen atoms in total. The minimum absolute atomic E-state index is 1.17. The highest BCUT2D eigenvalue weighted by Crippen LogP contribution is 2.35. The Labute approximate surface area is 141 Å². The van der Waals surface area contributed by atoms with Crippen molar-refractivity contribution in [1.29, 1.82) is 0 Å². The Morgan fingerprint density at radius 3 is 2.08 bits per heavy atom. The summed E-state index contributed by atoms with van der Waals surface area (Å²) in [6.07, 6.45) is 0. The fraction of sp³-hybridized carbons (Fsp3) is 0. The molecule has 0 aromatic heterocycles. The molecule has 0 aliphatic rings.